The average Bonchev–Trinajstić information content (AvgIpc) is 2.38. The van der Waals surface area contributed by atoms with E-state index in [1.807, 2.05) is 31.2 Å². The Morgan fingerprint density at radius 2 is 1.90 bits per heavy atom. The second-order valence-electron chi connectivity index (χ2n) is 5.32. The fourth-order valence-corrected chi connectivity index (χ4v) is 2.06. The molecule has 2 rings (SSSR count). The minimum atomic E-state index is -0.177. The number of aryl methyl sites for hydroxylation is 1. The molecule has 0 aliphatic rings. The summed E-state index contributed by atoms with van der Waals surface area (Å²) < 4.78 is 0. The van der Waals surface area contributed by atoms with Crippen molar-refractivity contribution in [1.29, 1.82) is 0 Å². The van der Waals surface area contributed by atoms with Crippen LogP contribution in [0.5, 0.6) is 0 Å². The molecule has 0 unspecified atom stereocenters. The zero-order valence-corrected chi connectivity index (χ0v) is 12.1. The number of hydrogen-bond donors (Lipinski definition) is 2. The smallest absolute Gasteiger partial charge is 0.257 e. The molecule has 20 heavy (non-hydrogen) atoms. The Hall–Kier alpha value is -2.29. The van der Waals surface area contributed by atoms with Crippen molar-refractivity contribution in [3.63, 3.8) is 0 Å². The van der Waals surface area contributed by atoms with E-state index >= 15 is 0 Å². The number of anilines is 2. The monoisotopic (exact) mass is 268 g/mol. The summed E-state index contributed by atoms with van der Waals surface area (Å²) in [6.45, 7) is 6.20. The Labute approximate surface area is 119 Å². The largest absolute Gasteiger partial charge is 0.398 e. The number of nitrogens with two attached hydrogens (primary N) is 1. The Morgan fingerprint density at radius 3 is 2.55 bits per heavy atom. The lowest BCUT2D eigenvalue weighted by Crippen LogP contribution is -2.14. The molecule has 0 fully saturated rings. The first-order valence-corrected chi connectivity index (χ1v) is 6.75. The molecule has 0 aromatic heterocycles. The van der Waals surface area contributed by atoms with Crippen LogP contribution in [0.1, 0.15) is 41.3 Å². The molecule has 0 aliphatic carbocycles. The molecule has 2 aromatic carbocycles. The molecule has 3 N–H and O–H groups in total. The standard InChI is InChI=1S/C17H20N2O/c1-11(2)13-5-4-6-14(10-13)19-17(20)15-8-7-12(3)9-16(15)18/h4-11H,18H2,1-3H3,(H,19,20). The number of hydrogen-bond acceptors (Lipinski definition) is 2. The second kappa shape index (κ2) is 5.78. The lowest BCUT2D eigenvalue weighted by molar-refractivity contribution is 0.102. The molecule has 2 aromatic rings. The van der Waals surface area contributed by atoms with Crippen LogP contribution >= 0.6 is 0 Å². The van der Waals surface area contributed by atoms with E-state index in [9.17, 15) is 4.79 Å². The maximum absolute atomic E-state index is 12.2. The van der Waals surface area contributed by atoms with Crippen LogP contribution in [0.25, 0.3) is 0 Å². The first-order chi connectivity index (χ1) is 9.47. The Balaban J connectivity index is 2.21. The van der Waals surface area contributed by atoms with Crippen molar-refractivity contribution in [2.75, 3.05) is 11.1 Å². The molecule has 0 spiro atoms. The summed E-state index contributed by atoms with van der Waals surface area (Å²) in [5.41, 5.74) is 9.93. The average molecular weight is 268 g/mol. The molecule has 3 heteroatoms. The zero-order valence-electron chi connectivity index (χ0n) is 12.1. The van der Waals surface area contributed by atoms with Gasteiger partial charge in [0.2, 0.25) is 0 Å². The highest BCUT2D eigenvalue weighted by molar-refractivity contribution is 6.07. The summed E-state index contributed by atoms with van der Waals surface area (Å²) in [5, 5.41) is 2.89. The van der Waals surface area contributed by atoms with Crippen LogP contribution in [0, 0.1) is 6.92 Å². The number of carbonyl (C=O) groups is 1. The molecule has 0 atom stereocenters. The van der Waals surface area contributed by atoms with Crippen molar-refractivity contribution >= 4 is 17.3 Å². The van der Waals surface area contributed by atoms with Crippen LogP contribution < -0.4 is 11.1 Å². The lowest BCUT2D eigenvalue weighted by atomic mass is 10.0. The van der Waals surface area contributed by atoms with Crippen molar-refractivity contribution in [1.82, 2.24) is 0 Å². The van der Waals surface area contributed by atoms with E-state index in [1.165, 1.54) is 5.56 Å². The van der Waals surface area contributed by atoms with Gasteiger partial charge in [0.25, 0.3) is 5.91 Å². The summed E-state index contributed by atoms with van der Waals surface area (Å²) in [7, 11) is 0. The predicted octanol–water partition coefficient (Wildman–Crippen LogP) is 3.95. The summed E-state index contributed by atoms with van der Waals surface area (Å²) >= 11 is 0. The van der Waals surface area contributed by atoms with E-state index in [2.05, 4.69) is 25.2 Å². The van der Waals surface area contributed by atoms with Crippen molar-refractivity contribution in [3.8, 4) is 0 Å². The van der Waals surface area contributed by atoms with Gasteiger partial charge in [-0.25, -0.2) is 0 Å². The lowest BCUT2D eigenvalue weighted by Gasteiger charge is -2.11. The number of nitrogens with one attached hydrogen (secondary N) is 1. The van der Waals surface area contributed by atoms with Gasteiger partial charge in [-0.15, -0.1) is 0 Å². The molecular formula is C17H20N2O. The van der Waals surface area contributed by atoms with E-state index in [1.54, 1.807) is 12.1 Å². The van der Waals surface area contributed by atoms with E-state index < -0.39 is 0 Å². The molecule has 0 bridgehead atoms. The third kappa shape index (κ3) is 3.18. The quantitative estimate of drug-likeness (QED) is 0.828. The highest BCUT2D eigenvalue weighted by Crippen LogP contribution is 2.20. The third-order valence-corrected chi connectivity index (χ3v) is 3.26. The van der Waals surface area contributed by atoms with E-state index in [4.69, 9.17) is 5.73 Å². The first-order valence-electron chi connectivity index (χ1n) is 6.75. The second-order valence-corrected chi connectivity index (χ2v) is 5.32. The number of rotatable bonds is 3. The molecule has 1 amide bonds. The molecular weight excluding hydrogens is 248 g/mol. The van der Waals surface area contributed by atoms with E-state index in [-0.39, 0.29) is 5.91 Å². The summed E-state index contributed by atoms with van der Waals surface area (Å²) in [6.07, 6.45) is 0. The van der Waals surface area contributed by atoms with Gasteiger partial charge in [-0.3, -0.25) is 4.79 Å². The fraction of sp³-hybridized carbons (Fsp3) is 0.235. The topological polar surface area (TPSA) is 55.1 Å². The number of amides is 1. The highest BCUT2D eigenvalue weighted by atomic mass is 16.1. The maximum Gasteiger partial charge on any atom is 0.257 e. The Kier molecular flexibility index (Phi) is 4.08. The molecule has 3 nitrogen and oxygen atoms in total. The van der Waals surface area contributed by atoms with Gasteiger partial charge in [0, 0.05) is 11.4 Å². The molecule has 104 valence electrons. The maximum atomic E-state index is 12.2. The number of benzene rings is 2. The molecule has 0 saturated heterocycles. The van der Waals surface area contributed by atoms with Gasteiger partial charge < -0.3 is 11.1 Å². The van der Waals surface area contributed by atoms with Gasteiger partial charge in [-0.1, -0.05) is 32.0 Å². The van der Waals surface area contributed by atoms with Gasteiger partial charge in [-0.2, -0.15) is 0 Å². The van der Waals surface area contributed by atoms with Crippen LogP contribution in [-0.2, 0) is 0 Å². The molecule has 0 radical (unpaired) electrons. The fourth-order valence-electron chi connectivity index (χ4n) is 2.06. The van der Waals surface area contributed by atoms with Crippen LogP contribution in [0.4, 0.5) is 11.4 Å². The highest BCUT2D eigenvalue weighted by Gasteiger charge is 2.10. The van der Waals surface area contributed by atoms with E-state index in [0.29, 0.717) is 17.2 Å². The van der Waals surface area contributed by atoms with Crippen LogP contribution in [-0.4, -0.2) is 5.91 Å². The van der Waals surface area contributed by atoms with Gasteiger partial charge >= 0.3 is 0 Å². The summed E-state index contributed by atoms with van der Waals surface area (Å²) in [5.74, 6) is 0.250. The van der Waals surface area contributed by atoms with Gasteiger partial charge in [-0.05, 0) is 48.2 Å². The molecule has 0 aliphatic heterocycles. The number of carbonyl (C=O) groups excluding carboxylic acids is 1. The van der Waals surface area contributed by atoms with Crippen molar-refractivity contribution in [3.05, 3.63) is 59.2 Å². The summed E-state index contributed by atoms with van der Waals surface area (Å²) in [4.78, 5) is 12.2. The first kappa shape index (κ1) is 14.1. The van der Waals surface area contributed by atoms with Crippen molar-refractivity contribution < 1.29 is 4.79 Å². The Bertz CT molecular complexity index is 633. The van der Waals surface area contributed by atoms with Crippen molar-refractivity contribution in [2.24, 2.45) is 0 Å². The predicted molar refractivity (Wildman–Crippen MR) is 84.1 cm³/mol. The van der Waals surface area contributed by atoms with Gasteiger partial charge in [0.15, 0.2) is 0 Å². The van der Waals surface area contributed by atoms with Crippen LogP contribution in [0.3, 0.4) is 0 Å². The minimum absolute atomic E-state index is 0.177. The summed E-state index contributed by atoms with van der Waals surface area (Å²) in [6, 6.07) is 13.3. The number of nitrogen functional groups attached to an aromatic ring is 1. The van der Waals surface area contributed by atoms with Crippen LogP contribution in [0.15, 0.2) is 42.5 Å². The zero-order chi connectivity index (χ0) is 14.7. The normalized spacial score (nSPS) is 10.6. The Morgan fingerprint density at radius 1 is 1.15 bits per heavy atom. The van der Waals surface area contributed by atoms with Gasteiger partial charge in [0.1, 0.15) is 0 Å². The molecule has 0 saturated carbocycles. The third-order valence-electron chi connectivity index (χ3n) is 3.26. The van der Waals surface area contributed by atoms with E-state index in [0.717, 1.165) is 11.3 Å². The van der Waals surface area contributed by atoms with Gasteiger partial charge in [0.05, 0.1) is 5.56 Å². The SMILES string of the molecule is Cc1ccc(C(=O)Nc2cccc(C(C)C)c2)c(N)c1. The minimum Gasteiger partial charge on any atom is -0.398 e. The van der Waals surface area contributed by atoms with Crippen LogP contribution in [0.2, 0.25) is 0 Å². The van der Waals surface area contributed by atoms with Crippen molar-refractivity contribution in [2.45, 2.75) is 26.7 Å². The molecule has 0 heterocycles.